The molecule has 0 atom stereocenters. The van der Waals surface area contributed by atoms with E-state index in [-0.39, 0.29) is 16.0 Å². The third-order valence-electron chi connectivity index (χ3n) is 1.95. The number of halogens is 2. The van der Waals surface area contributed by atoms with Crippen molar-refractivity contribution in [2.75, 3.05) is 0 Å². The Kier molecular flexibility index (Phi) is 2.79. The summed E-state index contributed by atoms with van der Waals surface area (Å²) in [6.07, 6.45) is 2.86. The summed E-state index contributed by atoms with van der Waals surface area (Å²) < 4.78 is -0.0952. The van der Waals surface area contributed by atoms with E-state index < -0.39 is 5.97 Å². The van der Waals surface area contributed by atoms with Crippen molar-refractivity contribution in [1.82, 2.24) is 0 Å². The van der Waals surface area contributed by atoms with Crippen LogP contribution in [-0.2, 0) is 4.79 Å². The van der Waals surface area contributed by atoms with Gasteiger partial charge in [-0.2, -0.15) is 0 Å². The first-order valence-electron chi connectivity index (χ1n) is 3.41. The van der Waals surface area contributed by atoms with Gasteiger partial charge in [-0.25, -0.2) is 4.79 Å². The quantitative estimate of drug-likeness (QED) is 0.687. The van der Waals surface area contributed by atoms with Crippen molar-refractivity contribution in [3.8, 4) is 0 Å². The molecule has 0 aromatic heterocycles. The Hall–Kier alpha value is -0.210. The molecule has 0 aliphatic heterocycles. The molecule has 1 aliphatic carbocycles. The standard InChI is InChI=1S/C7H8Cl2O2/c8-6(9)5(7(10)11)4-2-1-3-4/h4H,1-3H2,(H,10,11). The number of carbonyl (C=O) groups is 1. The van der Waals surface area contributed by atoms with Gasteiger partial charge in [-0.05, 0) is 18.8 Å². The predicted octanol–water partition coefficient (Wildman–Crippen LogP) is 2.56. The zero-order valence-electron chi connectivity index (χ0n) is 5.81. The summed E-state index contributed by atoms with van der Waals surface area (Å²) in [6.45, 7) is 0. The molecule has 0 spiro atoms. The molecule has 0 aromatic rings. The fourth-order valence-electron chi connectivity index (χ4n) is 1.11. The van der Waals surface area contributed by atoms with Crippen LogP contribution in [0.25, 0.3) is 0 Å². The van der Waals surface area contributed by atoms with Crippen molar-refractivity contribution in [2.45, 2.75) is 19.3 Å². The Morgan fingerprint density at radius 1 is 1.36 bits per heavy atom. The first-order valence-corrected chi connectivity index (χ1v) is 4.17. The van der Waals surface area contributed by atoms with Crippen molar-refractivity contribution >= 4 is 29.2 Å². The third-order valence-corrected chi connectivity index (χ3v) is 2.35. The van der Waals surface area contributed by atoms with Crippen LogP contribution in [0.3, 0.4) is 0 Å². The lowest BCUT2D eigenvalue weighted by atomic mass is 9.80. The van der Waals surface area contributed by atoms with Crippen LogP contribution in [0.4, 0.5) is 0 Å². The van der Waals surface area contributed by atoms with E-state index in [2.05, 4.69) is 0 Å². The molecule has 2 nitrogen and oxygen atoms in total. The molecule has 1 fully saturated rings. The molecule has 0 radical (unpaired) electrons. The van der Waals surface area contributed by atoms with Gasteiger partial charge in [-0.3, -0.25) is 0 Å². The highest BCUT2D eigenvalue weighted by atomic mass is 35.5. The lowest BCUT2D eigenvalue weighted by Gasteiger charge is -2.25. The van der Waals surface area contributed by atoms with Gasteiger partial charge >= 0.3 is 5.97 Å². The summed E-state index contributed by atoms with van der Waals surface area (Å²) in [6, 6.07) is 0. The van der Waals surface area contributed by atoms with E-state index in [1.807, 2.05) is 0 Å². The molecular weight excluding hydrogens is 187 g/mol. The third kappa shape index (κ3) is 1.88. The monoisotopic (exact) mass is 194 g/mol. The van der Waals surface area contributed by atoms with Crippen LogP contribution < -0.4 is 0 Å². The van der Waals surface area contributed by atoms with Gasteiger partial charge in [0, 0.05) is 0 Å². The van der Waals surface area contributed by atoms with E-state index in [1.54, 1.807) is 0 Å². The van der Waals surface area contributed by atoms with Crippen LogP contribution in [-0.4, -0.2) is 11.1 Å². The van der Waals surface area contributed by atoms with E-state index in [9.17, 15) is 4.79 Å². The minimum atomic E-state index is -0.991. The minimum Gasteiger partial charge on any atom is -0.478 e. The van der Waals surface area contributed by atoms with E-state index in [0.717, 1.165) is 19.3 Å². The predicted molar refractivity (Wildman–Crippen MR) is 43.7 cm³/mol. The summed E-state index contributed by atoms with van der Waals surface area (Å²) in [5.41, 5.74) is 0.180. The van der Waals surface area contributed by atoms with Crippen molar-refractivity contribution in [3.63, 3.8) is 0 Å². The second-order valence-corrected chi connectivity index (χ2v) is 3.56. The topological polar surface area (TPSA) is 37.3 Å². The molecule has 0 saturated heterocycles. The Bertz CT molecular complexity index is 202. The van der Waals surface area contributed by atoms with Gasteiger partial charge in [0.1, 0.15) is 4.49 Å². The highest BCUT2D eigenvalue weighted by Gasteiger charge is 2.28. The minimum absolute atomic E-state index is 0.0810. The van der Waals surface area contributed by atoms with Crippen LogP contribution in [0.5, 0.6) is 0 Å². The lowest BCUT2D eigenvalue weighted by Crippen LogP contribution is -2.19. The first kappa shape index (κ1) is 8.88. The van der Waals surface area contributed by atoms with E-state index in [0.29, 0.717) is 0 Å². The molecular formula is C7H8Cl2O2. The number of hydrogen-bond donors (Lipinski definition) is 1. The summed E-state index contributed by atoms with van der Waals surface area (Å²) in [5, 5.41) is 8.65. The van der Waals surface area contributed by atoms with Gasteiger partial charge < -0.3 is 5.11 Å². The zero-order chi connectivity index (χ0) is 8.43. The number of carboxylic acids is 1. The molecule has 0 amide bonds. The van der Waals surface area contributed by atoms with Crippen molar-refractivity contribution in [2.24, 2.45) is 5.92 Å². The molecule has 0 aromatic carbocycles. The molecule has 1 aliphatic rings. The van der Waals surface area contributed by atoms with Gasteiger partial charge in [0.25, 0.3) is 0 Å². The summed E-state index contributed by atoms with van der Waals surface area (Å²) >= 11 is 10.8. The van der Waals surface area contributed by atoms with Gasteiger partial charge in [-0.1, -0.05) is 29.6 Å². The SMILES string of the molecule is O=C(O)C(=C(Cl)Cl)C1CCC1. The van der Waals surface area contributed by atoms with Gasteiger partial charge in [0.2, 0.25) is 0 Å². The van der Waals surface area contributed by atoms with Gasteiger partial charge in [-0.15, -0.1) is 0 Å². The molecule has 1 rings (SSSR count). The zero-order valence-corrected chi connectivity index (χ0v) is 7.32. The Morgan fingerprint density at radius 2 is 1.91 bits per heavy atom. The average Bonchev–Trinajstić information content (AvgIpc) is 1.75. The second kappa shape index (κ2) is 3.46. The number of rotatable bonds is 2. The van der Waals surface area contributed by atoms with Crippen LogP contribution in [0, 0.1) is 5.92 Å². The Balaban J connectivity index is 2.75. The maximum absolute atomic E-state index is 10.5. The fraction of sp³-hybridized carbons (Fsp3) is 0.571. The van der Waals surface area contributed by atoms with Crippen molar-refractivity contribution < 1.29 is 9.90 Å². The first-order chi connectivity index (χ1) is 5.13. The maximum Gasteiger partial charge on any atom is 0.334 e. The number of hydrogen-bond acceptors (Lipinski definition) is 1. The lowest BCUT2D eigenvalue weighted by molar-refractivity contribution is -0.133. The highest BCUT2D eigenvalue weighted by molar-refractivity contribution is 6.57. The summed E-state index contributed by atoms with van der Waals surface area (Å²) in [7, 11) is 0. The Morgan fingerprint density at radius 3 is 2.00 bits per heavy atom. The molecule has 0 unspecified atom stereocenters. The smallest absolute Gasteiger partial charge is 0.334 e. The summed E-state index contributed by atoms with van der Waals surface area (Å²) in [4.78, 5) is 10.5. The molecule has 0 heterocycles. The fourth-order valence-corrected chi connectivity index (χ4v) is 1.58. The number of aliphatic carboxylic acids is 1. The van der Waals surface area contributed by atoms with E-state index in [1.165, 1.54) is 0 Å². The van der Waals surface area contributed by atoms with Crippen LogP contribution in [0.1, 0.15) is 19.3 Å². The Labute approximate surface area is 74.8 Å². The van der Waals surface area contributed by atoms with Crippen molar-refractivity contribution in [1.29, 1.82) is 0 Å². The molecule has 1 N–H and O–H groups in total. The molecule has 11 heavy (non-hydrogen) atoms. The second-order valence-electron chi connectivity index (χ2n) is 2.61. The molecule has 62 valence electrons. The van der Waals surface area contributed by atoms with E-state index >= 15 is 0 Å². The van der Waals surface area contributed by atoms with Crippen LogP contribution in [0.15, 0.2) is 10.1 Å². The maximum atomic E-state index is 10.5. The van der Waals surface area contributed by atoms with Gasteiger partial charge in [0.05, 0.1) is 5.57 Å². The molecule has 1 saturated carbocycles. The summed E-state index contributed by atoms with van der Waals surface area (Å²) in [5.74, 6) is -0.910. The van der Waals surface area contributed by atoms with Crippen molar-refractivity contribution in [3.05, 3.63) is 10.1 Å². The molecule has 0 bridgehead atoms. The van der Waals surface area contributed by atoms with Crippen LogP contribution >= 0.6 is 23.2 Å². The van der Waals surface area contributed by atoms with E-state index in [4.69, 9.17) is 28.3 Å². The number of carboxylic acid groups (broad SMARTS) is 1. The average molecular weight is 195 g/mol. The van der Waals surface area contributed by atoms with Gasteiger partial charge in [0.15, 0.2) is 0 Å². The largest absolute Gasteiger partial charge is 0.478 e. The van der Waals surface area contributed by atoms with Crippen LogP contribution in [0.2, 0.25) is 0 Å². The molecule has 4 heteroatoms. The highest BCUT2D eigenvalue weighted by Crippen LogP contribution is 2.36. The normalized spacial score (nSPS) is 17.3.